The number of hydrazine groups is 1. The molecule has 2 atom stereocenters. The SMILES string of the molecule is COC(C)CCC(Cc1cccc(Cl)c1Cl)NN. The summed E-state index contributed by atoms with van der Waals surface area (Å²) in [4.78, 5) is 0. The van der Waals surface area contributed by atoms with E-state index >= 15 is 0 Å². The molecule has 0 radical (unpaired) electrons. The number of hydrogen-bond acceptors (Lipinski definition) is 3. The first-order valence-corrected chi connectivity index (χ1v) is 6.75. The van der Waals surface area contributed by atoms with Gasteiger partial charge >= 0.3 is 0 Å². The molecule has 0 aromatic heterocycles. The normalized spacial score (nSPS) is 14.5. The average Bonchev–Trinajstić information content (AvgIpc) is 2.38. The topological polar surface area (TPSA) is 47.3 Å². The summed E-state index contributed by atoms with van der Waals surface area (Å²) < 4.78 is 5.22. The van der Waals surface area contributed by atoms with Crippen molar-refractivity contribution in [1.82, 2.24) is 5.43 Å². The molecular weight excluding hydrogens is 271 g/mol. The van der Waals surface area contributed by atoms with E-state index in [1.807, 2.05) is 19.1 Å². The van der Waals surface area contributed by atoms with E-state index in [2.05, 4.69) is 5.43 Å². The molecule has 0 amide bonds. The van der Waals surface area contributed by atoms with Crippen molar-refractivity contribution in [3.05, 3.63) is 33.8 Å². The van der Waals surface area contributed by atoms with Crippen molar-refractivity contribution in [1.29, 1.82) is 0 Å². The van der Waals surface area contributed by atoms with Crippen LogP contribution in [0.3, 0.4) is 0 Å². The number of rotatable bonds is 7. The van der Waals surface area contributed by atoms with Crippen molar-refractivity contribution >= 4 is 23.2 Å². The molecule has 0 aliphatic carbocycles. The molecule has 0 heterocycles. The minimum absolute atomic E-state index is 0.165. The maximum Gasteiger partial charge on any atom is 0.0624 e. The Balaban J connectivity index is 2.59. The average molecular weight is 291 g/mol. The van der Waals surface area contributed by atoms with Crippen LogP contribution >= 0.6 is 23.2 Å². The highest BCUT2D eigenvalue weighted by Crippen LogP contribution is 2.26. The quantitative estimate of drug-likeness (QED) is 0.599. The zero-order valence-corrected chi connectivity index (χ0v) is 12.3. The van der Waals surface area contributed by atoms with Crippen LogP contribution in [0.2, 0.25) is 10.0 Å². The predicted molar refractivity (Wildman–Crippen MR) is 77.0 cm³/mol. The highest BCUT2D eigenvalue weighted by Gasteiger charge is 2.13. The van der Waals surface area contributed by atoms with Gasteiger partial charge in [0.15, 0.2) is 0 Å². The third-order valence-electron chi connectivity index (χ3n) is 3.06. The minimum atomic E-state index is 0.165. The van der Waals surface area contributed by atoms with Gasteiger partial charge in [-0.3, -0.25) is 11.3 Å². The van der Waals surface area contributed by atoms with E-state index in [1.54, 1.807) is 13.2 Å². The second-order valence-corrected chi connectivity index (χ2v) is 5.19. The lowest BCUT2D eigenvalue weighted by Gasteiger charge is -2.18. The molecule has 0 saturated heterocycles. The number of halogens is 2. The van der Waals surface area contributed by atoms with Gasteiger partial charge in [-0.1, -0.05) is 35.3 Å². The molecule has 0 bridgehead atoms. The van der Waals surface area contributed by atoms with Crippen LogP contribution in [-0.4, -0.2) is 19.3 Å². The first-order chi connectivity index (χ1) is 8.58. The van der Waals surface area contributed by atoms with Crippen LogP contribution in [0.1, 0.15) is 25.3 Å². The molecule has 0 fully saturated rings. The molecule has 5 heteroatoms. The van der Waals surface area contributed by atoms with Gasteiger partial charge in [-0.2, -0.15) is 0 Å². The van der Waals surface area contributed by atoms with Crippen LogP contribution in [-0.2, 0) is 11.2 Å². The molecule has 0 spiro atoms. The van der Waals surface area contributed by atoms with Crippen LogP contribution < -0.4 is 11.3 Å². The Labute approximate surface area is 119 Å². The van der Waals surface area contributed by atoms with Gasteiger partial charge < -0.3 is 4.74 Å². The predicted octanol–water partition coefficient (Wildman–Crippen LogP) is 3.18. The Morgan fingerprint density at radius 1 is 1.33 bits per heavy atom. The summed E-state index contributed by atoms with van der Waals surface area (Å²) in [5.41, 5.74) is 3.83. The van der Waals surface area contributed by atoms with Crippen LogP contribution in [0.25, 0.3) is 0 Å². The summed E-state index contributed by atoms with van der Waals surface area (Å²) in [5, 5.41) is 1.19. The number of benzene rings is 1. The van der Waals surface area contributed by atoms with Gasteiger partial charge in [0.2, 0.25) is 0 Å². The lowest BCUT2D eigenvalue weighted by Crippen LogP contribution is -2.37. The first kappa shape index (κ1) is 15.7. The maximum absolute atomic E-state index is 6.16. The standard InChI is InChI=1S/C13H20Cl2N2O/c1-9(18-2)6-7-11(17-16)8-10-4-3-5-12(14)13(10)15/h3-5,9,11,17H,6-8,16H2,1-2H3. The summed E-state index contributed by atoms with van der Waals surface area (Å²) >= 11 is 12.1. The van der Waals surface area contributed by atoms with E-state index in [0.29, 0.717) is 10.0 Å². The second kappa shape index (κ2) is 7.97. The fourth-order valence-electron chi connectivity index (χ4n) is 1.77. The maximum atomic E-state index is 6.16. The van der Waals surface area contributed by atoms with Crippen molar-refractivity contribution in [2.75, 3.05) is 7.11 Å². The smallest absolute Gasteiger partial charge is 0.0624 e. The Morgan fingerprint density at radius 2 is 2.06 bits per heavy atom. The summed E-state index contributed by atoms with van der Waals surface area (Å²) in [6.45, 7) is 2.04. The van der Waals surface area contributed by atoms with Crippen LogP contribution in [0.4, 0.5) is 0 Å². The van der Waals surface area contributed by atoms with E-state index in [4.69, 9.17) is 33.8 Å². The minimum Gasteiger partial charge on any atom is -0.382 e. The highest BCUT2D eigenvalue weighted by molar-refractivity contribution is 6.42. The number of ether oxygens (including phenoxy) is 1. The molecule has 0 saturated carbocycles. The van der Waals surface area contributed by atoms with Gasteiger partial charge in [-0.05, 0) is 37.8 Å². The van der Waals surface area contributed by atoms with Crippen LogP contribution in [0.5, 0.6) is 0 Å². The number of methoxy groups -OCH3 is 1. The molecule has 2 unspecified atom stereocenters. The first-order valence-electron chi connectivity index (χ1n) is 6.00. The van der Waals surface area contributed by atoms with Gasteiger partial charge in [0.25, 0.3) is 0 Å². The largest absolute Gasteiger partial charge is 0.382 e. The van der Waals surface area contributed by atoms with E-state index in [9.17, 15) is 0 Å². The summed E-state index contributed by atoms with van der Waals surface area (Å²) in [6.07, 6.45) is 2.86. The Morgan fingerprint density at radius 3 is 2.67 bits per heavy atom. The molecule has 0 aliphatic heterocycles. The second-order valence-electron chi connectivity index (χ2n) is 4.40. The monoisotopic (exact) mass is 290 g/mol. The third-order valence-corrected chi connectivity index (χ3v) is 3.92. The van der Waals surface area contributed by atoms with E-state index in [0.717, 1.165) is 24.8 Å². The molecule has 3 nitrogen and oxygen atoms in total. The fraction of sp³-hybridized carbons (Fsp3) is 0.538. The van der Waals surface area contributed by atoms with Gasteiger partial charge in [0, 0.05) is 13.2 Å². The third kappa shape index (κ3) is 4.75. The van der Waals surface area contributed by atoms with Crippen molar-refractivity contribution in [3.63, 3.8) is 0 Å². The van der Waals surface area contributed by atoms with E-state index in [1.165, 1.54) is 0 Å². The molecular formula is C13H20Cl2N2O. The van der Waals surface area contributed by atoms with Gasteiger partial charge in [-0.25, -0.2) is 0 Å². The summed E-state index contributed by atoms with van der Waals surface area (Å²) in [5.74, 6) is 5.57. The van der Waals surface area contributed by atoms with Crippen molar-refractivity contribution in [2.45, 2.75) is 38.3 Å². The Hall–Kier alpha value is -0.320. The number of nitrogens with two attached hydrogens (primary N) is 1. The highest BCUT2D eigenvalue weighted by atomic mass is 35.5. The van der Waals surface area contributed by atoms with Crippen molar-refractivity contribution < 1.29 is 4.74 Å². The lowest BCUT2D eigenvalue weighted by molar-refractivity contribution is 0.106. The summed E-state index contributed by atoms with van der Waals surface area (Å²) in [6, 6.07) is 5.82. The van der Waals surface area contributed by atoms with Gasteiger partial charge in [0.05, 0.1) is 16.1 Å². The van der Waals surface area contributed by atoms with Crippen molar-refractivity contribution in [3.8, 4) is 0 Å². The molecule has 0 aliphatic rings. The van der Waals surface area contributed by atoms with E-state index < -0.39 is 0 Å². The zero-order valence-electron chi connectivity index (χ0n) is 10.7. The Kier molecular flexibility index (Phi) is 6.97. The molecule has 18 heavy (non-hydrogen) atoms. The fourth-order valence-corrected chi connectivity index (χ4v) is 2.17. The molecule has 102 valence electrons. The molecule has 1 rings (SSSR count). The molecule has 3 N–H and O–H groups in total. The summed E-state index contributed by atoms with van der Waals surface area (Å²) in [7, 11) is 1.71. The Bertz CT molecular complexity index is 374. The number of nitrogens with one attached hydrogen (secondary N) is 1. The van der Waals surface area contributed by atoms with Crippen LogP contribution in [0, 0.1) is 0 Å². The van der Waals surface area contributed by atoms with Gasteiger partial charge in [0.1, 0.15) is 0 Å². The molecule has 1 aromatic carbocycles. The number of hydrogen-bond donors (Lipinski definition) is 2. The van der Waals surface area contributed by atoms with Crippen LogP contribution in [0.15, 0.2) is 18.2 Å². The zero-order chi connectivity index (χ0) is 13.5. The lowest BCUT2D eigenvalue weighted by atomic mass is 10.0. The van der Waals surface area contributed by atoms with E-state index in [-0.39, 0.29) is 12.1 Å². The van der Waals surface area contributed by atoms with Crippen molar-refractivity contribution in [2.24, 2.45) is 5.84 Å². The van der Waals surface area contributed by atoms with Gasteiger partial charge in [-0.15, -0.1) is 0 Å². The molecule has 1 aromatic rings.